The van der Waals surface area contributed by atoms with E-state index in [0.29, 0.717) is 17.9 Å². The number of carbonyl (C=O) groups is 1. The van der Waals surface area contributed by atoms with Gasteiger partial charge in [-0.05, 0) is 0 Å². The molecule has 0 bridgehead atoms. The number of carboxylic acid groups (broad SMARTS) is 1. The van der Waals surface area contributed by atoms with E-state index >= 15 is 0 Å². The molecule has 0 aromatic carbocycles. The molecule has 1 rings (SSSR count). The zero-order valence-electron chi connectivity index (χ0n) is 7.25. The SMILES string of the molecule is CC(Cc1ncc(CF)[nH]1)C(=O)O. The number of hydrogen-bond donors (Lipinski definition) is 2. The Morgan fingerprint density at radius 1 is 1.85 bits per heavy atom. The van der Waals surface area contributed by atoms with Gasteiger partial charge >= 0.3 is 5.97 Å². The lowest BCUT2D eigenvalue weighted by Gasteiger charge is -2.01. The fourth-order valence-electron chi connectivity index (χ4n) is 0.955. The van der Waals surface area contributed by atoms with E-state index in [0.717, 1.165) is 0 Å². The third kappa shape index (κ3) is 2.54. The molecular weight excluding hydrogens is 175 g/mol. The fourth-order valence-corrected chi connectivity index (χ4v) is 0.955. The molecule has 0 spiro atoms. The topological polar surface area (TPSA) is 66.0 Å². The summed E-state index contributed by atoms with van der Waals surface area (Å²) in [5.74, 6) is -0.862. The van der Waals surface area contributed by atoms with Gasteiger partial charge in [0.25, 0.3) is 0 Å². The van der Waals surface area contributed by atoms with Crippen LogP contribution < -0.4 is 0 Å². The van der Waals surface area contributed by atoms with Crippen LogP contribution in [-0.4, -0.2) is 21.0 Å². The van der Waals surface area contributed by atoms with Crippen molar-refractivity contribution in [1.82, 2.24) is 9.97 Å². The second kappa shape index (κ2) is 4.02. The quantitative estimate of drug-likeness (QED) is 0.741. The lowest BCUT2D eigenvalue weighted by molar-refractivity contribution is -0.141. The van der Waals surface area contributed by atoms with Crippen LogP contribution in [0.2, 0.25) is 0 Å². The molecule has 0 fully saturated rings. The molecule has 0 aliphatic carbocycles. The van der Waals surface area contributed by atoms with E-state index in [1.165, 1.54) is 6.20 Å². The molecule has 0 aliphatic heterocycles. The highest BCUT2D eigenvalue weighted by Crippen LogP contribution is 2.06. The van der Waals surface area contributed by atoms with E-state index in [1.54, 1.807) is 6.92 Å². The minimum absolute atomic E-state index is 0.301. The Bertz CT molecular complexity index is 298. The van der Waals surface area contributed by atoms with Crippen molar-refractivity contribution in [3.8, 4) is 0 Å². The number of H-pyrrole nitrogens is 1. The molecule has 1 aromatic heterocycles. The van der Waals surface area contributed by atoms with Gasteiger partial charge in [0.1, 0.15) is 12.5 Å². The number of carboxylic acids is 1. The molecule has 1 unspecified atom stereocenters. The molecule has 72 valence electrons. The molecule has 13 heavy (non-hydrogen) atoms. The number of aliphatic carboxylic acids is 1. The highest BCUT2D eigenvalue weighted by molar-refractivity contribution is 5.69. The first-order valence-corrected chi connectivity index (χ1v) is 3.95. The van der Waals surface area contributed by atoms with Crippen molar-refractivity contribution in [3.05, 3.63) is 17.7 Å². The van der Waals surface area contributed by atoms with Crippen molar-refractivity contribution in [2.24, 2.45) is 5.92 Å². The van der Waals surface area contributed by atoms with Gasteiger partial charge in [-0.15, -0.1) is 0 Å². The molecule has 2 N–H and O–H groups in total. The molecule has 1 heterocycles. The maximum Gasteiger partial charge on any atom is 0.306 e. The molecule has 0 saturated heterocycles. The Labute approximate surface area is 74.8 Å². The summed E-state index contributed by atoms with van der Waals surface area (Å²) in [5.41, 5.74) is 0.382. The van der Waals surface area contributed by atoms with Gasteiger partial charge in [-0.2, -0.15) is 0 Å². The highest BCUT2D eigenvalue weighted by atomic mass is 19.1. The lowest BCUT2D eigenvalue weighted by atomic mass is 10.1. The minimum atomic E-state index is -0.877. The average molecular weight is 186 g/mol. The smallest absolute Gasteiger partial charge is 0.306 e. The van der Waals surface area contributed by atoms with E-state index in [-0.39, 0.29) is 0 Å². The van der Waals surface area contributed by atoms with Crippen molar-refractivity contribution in [2.75, 3.05) is 0 Å². The van der Waals surface area contributed by atoms with Gasteiger partial charge < -0.3 is 10.1 Å². The first kappa shape index (κ1) is 9.70. The van der Waals surface area contributed by atoms with Crippen LogP contribution in [0.5, 0.6) is 0 Å². The number of rotatable bonds is 4. The second-order valence-corrected chi connectivity index (χ2v) is 2.93. The number of imidazole rings is 1. The summed E-state index contributed by atoms with van der Waals surface area (Å²) in [5, 5.41) is 8.59. The van der Waals surface area contributed by atoms with E-state index in [2.05, 4.69) is 9.97 Å². The third-order valence-electron chi connectivity index (χ3n) is 1.75. The van der Waals surface area contributed by atoms with Crippen molar-refractivity contribution >= 4 is 5.97 Å². The molecule has 0 amide bonds. The van der Waals surface area contributed by atoms with Gasteiger partial charge in [-0.3, -0.25) is 4.79 Å². The summed E-state index contributed by atoms with van der Waals surface area (Å²) in [6, 6.07) is 0. The number of halogens is 1. The van der Waals surface area contributed by atoms with Gasteiger partial charge in [-0.1, -0.05) is 6.92 Å². The fraction of sp³-hybridized carbons (Fsp3) is 0.500. The molecule has 0 saturated carbocycles. The Balaban J connectivity index is 2.58. The summed E-state index contributed by atoms with van der Waals surface area (Å²) in [4.78, 5) is 17.0. The van der Waals surface area contributed by atoms with E-state index in [1.807, 2.05) is 0 Å². The minimum Gasteiger partial charge on any atom is -0.481 e. The number of alkyl halides is 1. The first-order chi connectivity index (χ1) is 6.13. The molecule has 0 aliphatic rings. The predicted molar refractivity (Wildman–Crippen MR) is 43.9 cm³/mol. The number of nitrogens with one attached hydrogen (secondary N) is 1. The van der Waals surface area contributed by atoms with Crippen LogP contribution in [0.1, 0.15) is 18.4 Å². The van der Waals surface area contributed by atoms with Crippen LogP contribution in [0.3, 0.4) is 0 Å². The predicted octanol–water partition coefficient (Wildman–Crippen LogP) is 1.14. The number of hydrogen-bond acceptors (Lipinski definition) is 2. The zero-order chi connectivity index (χ0) is 9.84. The molecule has 1 atom stereocenters. The first-order valence-electron chi connectivity index (χ1n) is 3.95. The van der Waals surface area contributed by atoms with Crippen LogP contribution in [0.15, 0.2) is 6.20 Å². The van der Waals surface area contributed by atoms with Gasteiger partial charge in [0, 0.05) is 6.42 Å². The van der Waals surface area contributed by atoms with Crippen LogP contribution in [0.25, 0.3) is 0 Å². The van der Waals surface area contributed by atoms with Crippen molar-refractivity contribution < 1.29 is 14.3 Å². The van der Waals surface area contributed by atoms with Gasteiger partial charge in [0.05, 0.1) is 17.8 Å². The molecule has 0 radical (unpaired) electrons. The molecular formula is C8H11FN2O2. The van der Waals surface area contributed by atoms with Crippen molar-refractivity contribution in [3.63, 3.8) is 0 Å². The van der Waals surface area contributed by atoms with Gasteiger partial charge in [-0.25, -0.2) is 9.37 Å². The monoisotopic (exact) mass is 186 g/mol. The van der Waals surface area contributed by atoms with Crippen LogP contribution >= 0.6 is 0 Å². The Morgan fingerprint density at radius 3 is 3.00 bits per heavy atom. The summed E-state index contributed by atoms with van der Waals surface area (Å²) in [7, 11) is 0. The molecule has 4 nitrogen and oxygen atoms in total. The Kier molecular flexibility index (Phi) is 3.00. The third-order valence-corrected chi connectivity index (χ3v) is 1.75. The Morgan fingerprint density at radius 2 is 2.54 bits per heavy atom. The van der Waals surface area contributed by atoms with Crippen LogP contribution in [0.4, 0.5) is 4.39 Å². The highest BCUT2D eigenvalue weighted by Gasteiger charge is 2.13. The average Bonchev–Trinajstić information content (AvgIpc) is 2.52. The van der Waals surface area contributed by atoms with Gasteiger partial charge in [0.2, 0.25) is 0 Å². The summed E-state index contributed by atoms with van der Waals surface area (Å²) in [6.07, 6.45) is 1.68. The molecule has 1 aromatic rings. The lowest BCUT2D eigenvalue weighted by Crippen LogP contribution is -2.13. The van der Waals surface area contributed by atoms with Crippen LogP contribution in [0, 0.1) is 5.92 Å². The summed E-state index contributed by atoms with van der Waals surface area (Å²) >= 11 is 0. The van der Waals surface area contributed by atoms with E-state index in [4.69, 9.17) is 5.11 Å². The zero-order valence-corrected chi connectivity index (χ0v) is 7.25. The van der Waals surface area contributed by atoms with Crippen molar-refractivity contribution in [1.29, 1.82) is 0 Å². The maximum atomic E-state index is 12.0. The number of nitrogens with zero attached hydrogens (tertiary/aromatic N) is 1. The second-order valence-electron chi connectivity index (χ2n) is 2.93. The number of aromatic nitrogens is 2. The van der Waals surface area contributed by atoms with E-state index < -0.39 is 18.6 Å². The van der Waals surface area contributed by atoms with Crippen LogP contribution in [-0.2, 0) is 17.9 Å². The molecule has 5 heteroatoms. The normalized spacial score (nSPS) is 12.8. The summed E-state index contributed by atoms with van der Waals surface area (Å²) < 4.78 is 12.0. The van der Waals surface area contributed by atoms with Gasteiger partial charge in [0.15, 0.2) is 0 Å². The Hall–Kier alpha value is -1.39. The van der Waals surface area contributed by atoms with E-state index in [9.17, 15) is 9.18 Å². The maximum absolute atomic E-state index is 12.0. The largest absolute Gasteiger partial charge is 0.481 e. The standard InChI is InChI=1S/C8H11FN2O2/c1-5(8(12)13)2-7-10-4-6(3-9)11-7/h4-5H,2-3H2,1H3,(H,10,11)(H,12,13). The summed E-state index contributed by atoms with van der Waals surface area (Å²) in [6.45, 7) is 0.981. The van der Waals surface area contributed by atoms with Crippen molar-refractivity contribution in [2.45, 2.75) is 20.0 Å². The number of aromatic amines is 1.